The van der Waals surface area contributed by atoms with Crippen LogP contribution in [0.3, 0.4) is 0 Å². The Bertz CT molecular complexity index is 1830. The molecular formula is C38H41N7O6. The molecule has 1 amide bonds. The number of aryl methyl sites for hydroxylation is 1. The number of pyridine rings is 1. The smallest absolute Gasteiger partial charge is 0.338 e. The van der Waals surface area contributed by atoms with Gasteiger partial charge in [-0.15, -0.1) is 0 Å². The quantitative estimate of drug-likeness (QED) is 0.0316. The van der Waals surface area contributed by atoms with E-state index in [0.29, 0.717) is 18.5 Å². The Morgan fingerprint density at radius 3 is 2.18 bits per heavy atom. The van der Waals surface area contributed by atoms with E-state index in [1.807, 2.05) is 12.1 Å². The van der Waals surface area contributed by atoms with Crippen LogP contribution in [0.5, 0.6) is 0 Å². The van der Waals surface area contributed by atoms with E-state index in [-0.39, 0.29) is 65.4 Å². The summed E-state index contributed by atoms with van der Waals surface area (Å²) in [6.07, 6.45) is 2.83. The van der Waals surface area contributed by atoms with Gasteiger partial charge in [0, 0.05) is 41.1 Å². The van der Waals surface area contributed by atoms with E-state index in [9.17, 15) is 24.8 Å². The number of nitro groups is 1. The number of hydrogen-bond acceptors (Lipinski definition) is 8. The van der Waals surface area contributed by atoms with Crippen molar-refractivity contribution in [2.75, 3.05) is 39.3 Å². The molecule has 4 aromatic rings. The highest BCUT2D eigenvalue weighted by Gasteiger charge is 2.37. The van der Waals surface area contributed by atoms with Gasteiger partial charge in [0.15, 0.2) is 0 Å². The first-order chi connectivity index (χ1) is 24.8. The number of ether oxygens (including phenoxy) is 1. The molecular weight excluding hydrogens is 650 g/mol. The van der Waals surface area contributed by atoms with E-state index in [2.05, 4.69) is 73.8 Å². The lowest BCUT2D eigenvalue weighted by Gasteiger charge is -2.43. The van der Waals surface area contributed by atoms with Gasteiger partial charge in [0.2, 0.25) is 0 Å². The Balaban J connectivity index is 1.34. The number of rotatable bonds is 16. The minimum absolute atomic E-state index is 0.0238. The van der Waals surface area contributed by atoms with Gasteiger partial charge in [-0.2, -0.15) is 0 Å². The predicted molar refractivity (Wildman–Crippen MR) is 193 cm³/mol. The highest BCUT2D eigenvalue weighted by Crippen LogP contribution is 2.41. The highest BCUT2D eigenvalue weighted by atomic mass is 16.6. The van der Waals surface area contributed by atoms with Gasteiger partial charge in [-0.3, -0.25) is 19.9 Å². The van der Waals surface area contributed by atoms with E-state index < -0.39 is 16.8 Å². The van der Waals surface area contributed by atoms with Crippen molar-refractivity contribution < 1.29 is 24.4 Å². The molecule has 2 heterocycles. The molecule has 0 saturated carbocycles. The van der Waals surface area contributed by atoms with Gasteiger partial charge >= 0.3 is 5.97 Å². The van der Waals surface area contributed by atoms with Crippen LogP contribution in [-0.4, -0.2) is 71.1 Å². The van der Waals surface area contributed by atoms with Crippen molar-refractivity contribution >= 4 is 17.6 Å². The lowest BCUT2D eigenvalue weighted by molar-refractivity contribution is -0.384. The number of likely N-dealkylation sites (tertiary alicyclic amines) is 1. The normalized spacial score (nSPS) is 14.0. The first-order valence-corrected chi connectivity index (χ1v) is 17.0. The summed E-state index contributed by atoms with van der Waals surface area (Å²) in [5.41, 5.74) is 11.8. The molecule has 0 atom stereocenters. The molecule has 51 heavy (non-hydrogen) atoms. The zero-order valence-corrected chi connectivity index (χ0v) is 28.5. The van der Waals surface area contributed by atoms with E-state index in [1.54, 1.807) is 6.92 Å². The van der Waals surface area contributed by atoms with Crippen LogP contribution in [0, 0.1) is 10.1 Å². The number of carbonyl (C=O) groups excluding carboxylic acids is 1. The number of carbonyl (C=O) groups is 2. The summed E-state index contributed by atoms with van der Waals surface area (Å²) in [5, 5.41) is 28.1. The van der Waals surface area contributed by atoms with Crippen LogP contribution in [0.1, 0.15) is 69.4 Å². The summed E-state index contributed by atoms with van der Waals surface area (Å²) in [5.74, 6) is -1.80. The average Bonchev–Trinajstić information content (AvgIpc) is 3.16. The summed E-state index contributed by atoms with van der Waals surface area (Å²) in [4.78, 5) is 47.2. The number of aromatic carboxylic acids is 1. The lowest BCUT2D eigenvalue weighted by Crippen LogP contribution is -2.44. The molecule has 3 aromatic carbocycles. The molecule has 1 aliphatic rings. The topological polar surface area (TPSA) is 184 Å². The van der Waals surface area contributed by atoms with Gasteiger partial charge in [0.1, 0.15) is 0 Å². The predicted octanol–water partition coefficient (Wildman–Crippen LogP) is 6.95. The van der Waals surface area contributed by atoms with Crippen molar-refractivity contribution in [3.63, 3.8) is 0 Å². The van der Waals surface area contributed by atoms with Gasteiger partial charge in [-0.1, -0.05) is 72.7 Å². The third-order valence-corrected chi connectivity index (χ3v) is 9.43. The van der Waals surface area contributed by atoms with Gasteiger partial charge < -0.3 is 20.1 Å². The fourth-order valence-electron chi connectivity index (χ4n) is 6.89. The number of hydrogen-bond donors (Lipinski definition) is 2. The zero-order chi connectivity index (χ0) is 36.2. The zero-order valence-electron chi connectivity index (χ0n) is 28.5. The fourth-order valence-corrected chi connectivity index (χ4v) is 6.89. The number of piperidine rings is 1. The van der Waals surface area contributed by atoms with Crippen LogP contribution < -0.4 is 5.32 Å². The Hall–Kier alpha value is -5.62. The molecule has 0 unspecified atom stereocenters. The highest BCUT2D eigenvalue weighted by molar-refractivity contribution is 6.08. The van der Waals surface area contributed by atoms with Crippen molar-refractivity contribution in [1.29, 1.82) is 0 Å². The molecule has 0 radical (unpaired) electrons. The number of nitrogens with one attached hydrogen (secondary N) is 1. The van der Waals surface area contributed by atoms with Crippen LogP contribution in [0.15, 0.2) is 90.0 Å². The molecule has 0 spiro atoms. The minimum Gasteiger partial charge on any atom is -0.478 e. The largest absolute Gasteiger partial charge is 0.478 e. The Morgan fingerprint density at radius 1 is 1.00 bits per heavy atom. The van der Waals surface area contributed by atoms with Crippen LogP contribution in [-0.2, 0) is 23.2 Å². The van der Waals surface area contributed by atoms with Crippen LogP contribution >= 0.6 is 0 Å². The monoisotopic (exact) mass is 691 g/mol. The van der Waals surface area contributed by atoms with Gasteiger partial charge in [0.05, 0.1) is 40.7 Å². The molecule has 264 valence electrons. The summed E-state index contributed by atoms with van der Waals surface area (Å²) in [7, 11) is 0. The number of nitrogens with zero attached hydrogens (tertiary/aromatic N) is 6. The summed E-state index contributed by atoms with van der Waals surface area (Å²) < 4.78 is 5.69. The second kappa shape index (κ2) is 17.3. The van der Waals surface area contributed by atoms with Gasteiger partial charge in [-0.25, -0.2) is 4.79 Å². The van der Waals surface area contributed by atoms with Gasteiger partial charge in [-0.05, 0) is 79.7 Å². The van der Waals surface area contributed by atoms with Crippen LogP contribution in [0.25, 0.3) is 21.6 Å². The average molecular weight is 692 g/mol. The van der Waals surface area contributed by atoms with Crippen LogP contribution in [0.2, 0.25) is 0 Å². The number of nitro benzene ring substituents is 1. The maximum atomic E-state index is 14.0. The van der Waals surface area contributed by atoms with Crippen molar-refractivity contribution in [3.8, 4) is 11.1 Å². The van der Waals surface area contributed by atoms with Crippen LogP contribution in [0.4, 0.5) is 5.69 Å². The van der Waals surface area contributed by atoms with Crippen molar-refractivity contribution in [1.82, 2.24) is 15.2 Å². The van der Waals surface area contributed by atoms with E-state index in [0.717, 1.165) is 32.5 Å². The summed E-state index contributed by atoms with van der Waals surface area (Å²) in [6.45, 7) is 4.61. The molecule has 2 N–H and O–H groups in total. The molecule has 1 aliphatic heterocycles. The molecule has 1 aromatic heterocycles. The second-order valence-electron chi connectivity index (χ2n) is 12.4. The standard InChI is InChI=1S/C38H41N7O6/c1-2-31-35(37(47)48)33(27-14-16-30(17-15-27)45(49)50)34(32(42-31)26-51-25-21-41-43-39)36(46)40-20-9-22-44-23-18-38(19-24-44,28-10-5-3-6-11-28)29-12-7-4-8-13-29/h3-8,10-17H,2,9,18-26H2,1H3,(H,40,46)(H,47,48). The molecule has 0 bridgehead atoms. The van der Waals surface area contributed by atoms with Crippen molar-refractivity contribution in [2.24, 2.45) is 5.11 Å². The maximum Gasteiger partial charge on any atom is 0.338 e. The lowest BCUT2D eigenvalue weighted by atomic mass is 9.68. The molecule has 13 heteroatoms. The maximum absolute atomic E-state index is 14.0. The number of amides is 1. The number of non-ortho nitro benzene ring substituents is 1. The number of benzene rings is 3. The number of azide groups is 1. The minimum atomic E-state index is -1.27. The number of carboxylic acid groups (broad SMARTS) is 1. The van der Waals surface area contributed by atoms with E-state index in [1.165, 1.54) is 35.4 Å². The Kier molecular flexibility index (Phi) is 12.5. The first-order valence-electron chi connectivity index (χ1n) is 17.0. The molecule has 0 aliphatic carbocycles. The molecule has 5 rings (SSSR count). The second-order valence-corrected chi connectivity index (χ2v) is 12.4. The summed E-state index contributed by atoms with van der Waals surface area (Å²) >= 11 is 0. The van der Waals surface area contributed by atoms with Gasteiger partial charge in [0.25, 0.3) is 11.6 Å². The SMILES string of the molecule is CCc1nc(COCCN=[N+]=[N-])c(C(=O)NCCCN2CCC(c3ccccc3)(c3ccccc3)CC2)c(-c2ccc([N+](=O)[O-])cc2)c1C(=O)O. The Morgan fingerprint density at radius 2 is 1.63 bits per heavy atom. The van der Waals surface area contributed by atoms with Crippen molar-refractivity contribution in [3.05, 3.63) is 139 Å². The molecule has 1 saturated heterocycles. The number of aromatic nitrogens is 1. The molecule has 1 fully saturated rings. The third kappa shape index (κ3) is 8.58. The van der Waals surface area contributed by atoms with Crippen molar-refractivity contribution in [2.45, 2.75) is 44.6 Å². The van der Waals surface area contributed by atoms with E-state index in [4.69, 9.17) is 10.3 Å². The Labute approximate surface area is 296 Å². The summed E-state index contributed by atoms with van der Waals surface area (Å²) in [6, 6.07) is 26.7. The number of carboxylic acids is 1. The van der Waals surface area contributed by atoms with E-state index >= 15 is 0 Å². The fraction of sp³-hybridized carbons (Fsp3) is 0.342. The first kappa shape index (κ1) is 36.7. The third-order valence-electron chi connectivity index (χ3n) is 9.43. The molecule has 13 nitrogen and oxygen atoms in total.